The first-order valence-corrected chi connectivity index (χ1v) is 13.1. The van der Waals surface area contributed by atoms with E-state index in [-0.39, 0.29) is 18.4 Å². The number of benzene rings is 1. The number of pyridine rings is 2. The number of nitrogens with two attached hydrogens (primary N) is 1. The zero-order valence-corrected chi connectivity index (χ0v) is 22.4. The number of nitrogens with zero attached hydrogens (tertiary/aromatic N) is 3. The molecule has 3 N–H and O–H groups in total. The standard InChI is InChI=1S/C29H34ClN5O2/c1-18-6-4-7-20(12-18)29(36)34-15-21-14-33-16-25(30)24(21)17-37-27-9-5-8-22-23(26(32-3)10-11-31)13-19(2)35-28(22)27/h5,8-11,13-14,16,18,20H,4,6-7,12,15,17,31H2,1-3H3,(H,34,36). The van der Waals surface area contributed by atoms with Crippen LogP contribution in [0.3, 0.4) is 0 Å². The highest BCUT2D eigenvalue weighted by Gasteiger charge is 2.25. The lowest BCUT2D eigenvalue weighted by Crippen LogP contribution is -2.33. The zero-order valence-electron chi connectivity index (χ0n) is 21.6. The number of carbonyl (C=O) groups is 1. The highest BCUT2D eigenvalue weighted by molar-refractivity contribution is 6.31. The maximum absolute atomic E-state index is 12.8. The van der Waals surface area contributed by atoms with Gasteiger partial charge in [-0.3, -0.25) is 14.8 Å². The molecule has 2 unspecified atom stereocenters. The summed E-state index contributed by atoms with van der Waals surface area (Å²) in [5.41, 5.74) is 10.5. The monoisotopic (exact) mass is 519 g/mol. The minimum Gasteiger partial charge on any atom is -0.487 e. The number of hydrogen-bond acceptors (Lipinski definition) is 6. The van der Waals surface area contributed by atoms with Gasteiger partial charge in [0.15, 0.2) is 0 Å². The van der Waals surface area contributed by atoms with Crippen molar-refractivity contribution in [3.8, 4) is 5.75 Å². The second-order valence-electron chi connectivity index (χ2n) is 9.67. The van der Waals surface area contributed by atoms with Gasteiger partial charge in [0.25, 0.3) is 0 Å². The van der Waals surface area contributed by atoms with Gasteiger partial charge in [-0.15, -0.1) is 0 Å². The van der Waals surface area contributed by atoms with Gasteiger partial charge in [-0.05, 0) is 55.7 Å². The number of nitrogens with one attached hydrogen (secondary N) is 1. The van der Waals surface area contributed by atoms with Gasteiger partial charge in [0.1, 0.15) is 17.9 Å². The molecule has 8 heteroatoms. The van der Waals surface area contributed by atoms with Crippen molar-refractivity contribution in [3.05, 3.63) is 76.3 Å². The van der Waals surface area contributed by atoms with E-state index in [4.69, 9.17) is 27.1 Å². The molecule has 3 aromatic rings. The van der Waals surface area contributed by atoms with Crippen molar-refractivity contribution in [2.24, 2.45) is 22.6 Å². The van der Waals surface area contributed by atoms with Crippen LogP contribution in [0.5, 0.6) is 5.75 Å². The van der Waals surface area contributed by atoms with Crippen molar-refractivity contribution in [2.75, 3.05) is 7.05 Å². The summed E-state index contributed by atoms with van der Waals surface area (Å²) in [4.78, 5) is 26.2. The SMILES string of the molecule is CN=C(C=CN)c1cc(C)nc2c(OCc3c(Cl)cncc3CNC(=O)C3CCCC(C)C3)cccc12. The van der Waals surface area contributed by atoms with Gasteiger partial charge in [-0.2, -0.15) is 0 Å². The van der Waals surface area contributed by atoms with E-state index in [0.29, 0.717) is 23.2 Å². The van der Waals surface area contributed by atoms with E-state index in [1.54, 1.807) is 25.5 Å². The molecule has 1 saturated carbocycles. The number of aromatic nitrogens is 2. The summed E-state index contributed by atoms with van der Waals surface area (Å²) < 4.78 is 6.28. The Hall–Kier alpha value is -3.45. The molecule has 2 atom stereocenters. The van der Waals surface area contributed by atoms with Gasteiger partial charge < -0.3 is 15.8 Å². The number of aliphatic imine (C=N–C) groups is 1. The molecule has 2 heterocycles. The van der Waals surface area contributed by atoms with Crippen LogP contribution in [0.1, 0.15) is 55.0 Å². The van der Waals surface area contributed by atoms with Crippen molar-refractivity contribution >= 4 is 34.1 Å². The van der Waals surface area contributed by atoms with Crippen LogP contribution in [0.25, 0.3) is 10.9 Å². The van der Waals surface area contributed by atoms with E-state index in [1.165, 1.54) is 12.6 Å². The number of carbonyl (C=O) groups excluding carboxylic acids is 1. The van der Waals surface area contributed by atoms with Gasteiger partial charge in [0.2, 0.25) is 5.91 Å². The second kappa shape index (κ2) is 12.2. The molecule has 1 aliphatic rings. The van der Waals surface area contributed by atoms with Crippen molar-refractivity contribution in [3.63, 3.8) is 0 Å². The van der Waals surface area contributed by atoms with Crippen molar-refractivity contribution in [1.82, 2.24) is 15.3 Å². The summed E-state index contributed by atoms with van der Waals surface area (Å²) in [6.07, 6.45) is 10.8. The first kappa shape index (κ1) is 26.6. The second-order valence-corrected chi connectivity index (χ2v) is 10.1. The molecule has 2 aromatic heterocycles. The van der Waals surface area contributed by atoms with Crippen LogP contribution in [0, 0.1) is 18.8 Å². The molecular formula is C29H34ClN5O2. The van der Waals surface area contributed by atoms with Crippen molar-refractivity contribution in [1.29, 1.82) is 0 Å². The molecule has 4 rings (SSSR count). The number of allylic oxidation sites excluding steroid dienone is 1. The highest BCUT2D eigenvalue weighted by atomic mass is 35.5. The van der Waals surface area contributed by atoms with Crippen LogP contribution in [0.4, 0.5) is 0 Å². The quantitative estimate of drug-likeness (QED) is 0.382. The van der Waals surface area contributed by atoms with Gasteiger partial charge in [-0.1, -0.05) is 43.5 Å². The number of amides is 1. The summed E-state index contributed by atoms with van der Waals surface area (Å²) in [5, 5.41) is 4.51. The third-order valence-electron chi connectivity index (χ3n) is 6.93. The lowest BCUT2D eigenvalue weighted by Gasteiger charge is -2.26. The Morgan fingerprint density at radius 1 is 1.32 bits per heavy atom. The molecule has 1 aromatic carbocycles. The maximum Gasteiger partial charge on any atom is 0.223 e. The largest absolute Gasteiger partial charge is 0.487 e. The number of ether oxygens (including phenoxy) is 1. The van der Waals surface area contributed by atoms with Gasteiger partial charge in [-0.25, -0.2) is 4.98 Å². The fraction of sp³-hybridized carbons (Fsp3) is 0.379. The lowest BCUT2D eigenvalue weighted by atomic mass is 9.82. The Balaban J connectivity index is 1.56. The van der Waals surface area contributed by atoms with Gasteiger partial charge >= 0.3 is 0 Å². The summed E-state index contributed by atoms with van der Waals surface area (Å²) in [6.45, 7) is 4.73. The molecule has 0 bridgehead atoms. The first-order valence-electron chi connectivity index (χ1n) is 12.7. The Kier molecular flexibility index (Phi) is 8.77. The van der Waals surface area contributed by atoms with E-state index in [1.807, 2.05) is 31.2 Å². The smallest absolute Gasteiger partial charge is 0.223 e. The van der Waals surface area contributed by atoms with E-state index in [2.05, 4.69) is 22.2 Å². The summed E-state index contributed by atoms with van der Waals surface area (Å²) >= 11 is 6.54. The molecule has 1 fully saturated rings. The Labute approximate surface area is 223 Å². The van der Waals surface area contributed by atoms with Crippen molar-refractivity contribution < 1.29 is 9.53 Å². The van der Waals surface area contributed by atoms with Crippen LogP contribution >= 0.6 is 11.6 Å². The molecule has 194 valence electrons. The Morgan fingerprint density at radius 2 is 2.16 bits per heavy atom. The lowest BCUT2D eigenvalue weighted by molar-refractivity contribution is -0.126. The molecule has 1 amide bonds. The van der Waals surface area contributed by atoms with Crippen molar-refractivity contribution in [2.45, 2.75) is 52.7 Å². The minimum absolute atomic E-state index is 0.0699. The number of aryl methyl sites for hydroxylation is 1. The maximum atomic E-state index is 12.8. The minimum atomic E-state index is 0.0699. The summed E-state index contributed by atoms with van der Waals surface area (Å²) in [6, 6.07) is 7.80. The van der Waals surface area contributed by atoms with Crippen LogP contribution in [-0.4, -0.2) is 28.6 Å². The average molecular weight is 520 g/mol. The molecule has 0 aliphatic heterocycles. The number of fused-ring (bicyclic) bond motifs is 1. The predicted octanol–water partition coefficient (Wildman–Crippen LogP) is 5.50. The number of para-hydroxylation sites is 1. The number of hydrogen-bond donors (Lipinski definition) is 2. The van der Waals surface area contributed by atoms with E-state index in [9.17, 15) is 4.79 Å². The zero-order chi connectivity index (χ0) is 26.4. The average Bonchev–Trinajstić information content (AvgIpc) is 2.89. The molecule has 0 radical (unpaired) electrons. The Bertz CT molecular complexity index is 1340. The van der Waals surface area contributed by atoms with E-state index >= 15 is 0 Å². The molecule has 1 aliphatic carbocycles. The summed E-state index contributed by atoms with van der Waals surface area (Å²) in [7, 11) is 1.73. The normalized spacial score (nSPS) is 18.3. The van der Waals surface area contributed by atoms with Crippen LogP contribution in [0.2, 0.25) is 5.02 Å². The number of rotatable bonds is 8. The Morgan fingerprint density at radius 3 is 2.92 bits per heavy atom. The van der Waals surface area contributed by atoms with E-state index < -0.39 is 0 Å². The third kappa shape index (κ3) is 6.28. The van der Waals surface area contributed by atoms with E-state index in [0.717, 1.165) is 58.3 Å². The van der Waals surface area contributed by atoms with Crippen LogP contribution < -0.4 is 15.8 Å². The van der Waals surface area contributed by atoms with Gasteiger partial charge in [0, 0.05) is 54.1 Å². The number of halogens is 1. The summed E-state index contributed by atoms with van der Waals surface area (Å²) in [5.74, 6) is 1.39. The molecule has 37 heavy (non-hydrogen) atoms. The molecular weight excluding hydrogens is 486 g/mol. The fourth-order valence-corrected chi connectivity index (χ4v) is 5.25. The predicted molar refractivity (Wildman–Crippen MR) is 149 cm³/mol. The third-order valence-corrected chi connectivity index (χ3v) is 7.25. The van der Waals surface area contributed by atoms with Gasteiger partial charge in [0.05, 0.1) is 10.7 Å². The first-order chi connectivity index (χ1) is 17.9. The van der Waals surface area contributed by atoms with Crippen LogP contribution in [0.15, 0.2) is 53.9 Å². The molecule has 7 nitrogen and oxygen atoms in total. The fourth-order valence-electron chi connectivity index (χ4n) is 5.02. The highest BCUT2D eigenvalue weighted by Crippen LogP contribution is 2.31. The molecule has 0 saturated heterocycles. The van der Waals surface area contributed by atoms with Crippen LogP contribution in [-0.2, 0) is 17.9 Å². The molecule has 0 spiro atoms. The topological polar surface area (TPSA) is 102 Å².